The zero-order chi connectivity index (χ0) is 12.3. The molecule has 0 aromatic carbocycles. The van der Waals surface area contributed by atoms with Crippen LogP contribution in [0, 0.1) is 5.41 Å². The fourth-order valence-corrected chi connectivity index (χ4v) is 1.68. The van der Waals surface area contributed by atoms with Crippen molar-refractivity contribution in [3.63, 3.8) is 0 Å². The maximum atomic E-state index is 11.1. The number of aromatic nitrogens is 1. The van der Waals surface area contributed by atoms with Gasteiger partial charge in [-0.25, -0.2) is 9.78 Å². The number of carboxylic acids is 1. The average molecular weight is 240 g/mol. The van der Waals surface area contributed by atoms with Gasteiger partial charge in [-0.2, -0.15) is 0 Å². The highest BCUT2D eigenvalue weighted by molar-refractivity contribution is 7.13. The molecule has 5 heteroatoms. The van der Waals surface area contributed by atoms with E-state index in [1.54, 1.807) is 11.5 Å². The largest absolute Gasteiger partial charge is 0.478 e. The Hall–Kier alpha value is -1.36. The Kier molecular flexibility index (Phi) is 3.70. The Bertz CT molecular complexity index is 416. The number of aliphatic carboxylic acids is 1. The van der Waals surface area contributed by atoms with Crippen LogP contribution >= 0.6 is 11.3 Å². The summed E-state index contributed by atoms with van der Waals surface area (Å²) in [5.41, 5.74) is 6.21. The lowest BCUT2D eigenvalue weighted by Gasteiger charge is -2.15. The van der Waals surface area contributed by atoms with Crippen molar-refractivity contribution in [2.75, 3.05) is 5.73 Å². The van der Waals surface area contributed by atoms with Crippen LogP contribution in [0.5, 0.6) is 0 Å². The zero-order valence-electron chi connectivity index (χ0n) is 9.65. The van der Waals surface area contributed by atoms with Gasteiger partial charge in [0, 0.05) is 5.38 Å². The van der Waals surface area contributed by atoms with E-state index < -0.39 is 5.97 Å². The Morgan fingerprint density at radius 3 is 2.62 bits per heavy atom. The van der Waals surface area contributed by atoms with Gasteiger partial charge in [0.25, 0.3) is 0 Å². The van der Waals surface area contributed by atoms with Crippen LogP contribution in [0.25, 0.3) is 5.57 Å². The molecule has 4 nitrogen and oxygen atoms in total. The summed E-state index contributed by atoms with van der Waals surface area (Å²) in [5, 5.41) is 11.1. The van der Waals surface area contributed by atoms with Crippen LogP contribution in [0.3, 0.4) is 0 Å². The number of nitrogens with zero attached hydrogens (tertiary/aromatic N) is 1. The second kappa shape index (κ2) is 4.65. The molecule has 88 valence electrons. The van der Waals surface area contributed by atoms with Gasteiger partial charge in [-0.3, -0.25) is 0 Å². The van der Waals surface area contributed by atoms with Crippen molar-refractivity contribution < 1.29 is 9.90 Å². The molecule has 0 unspecified atom stereocenters. The summed E-state index contributed by atoms with van der Waals surface area (Å²) < 4.78 is 0. The minimum Gasteiger partial charge on any atom is -0.478 e. The summed E-state index contributed by atoms with van der Waals surface area (Å²) in [5.74, 6) is -0.963. The molecule has 0 radical (unpaired) electrons. The molecular weight excluding hydrogens is 224 g/mol. The smallest absolute Gasteiger partial charge is 0.337 e. The number of hydrogen-bond acceptors (Lipinski definition) is 4. The summed E-state index contributed by atoms with van der Waals surface area (Å²) in [7, 11) is 0. The van der Waals surface area contributed by atoms with Gasteiger partial charge in [0.1, 0.15) is 0 Å². The van der Waals surface area contributed by atoms with Crippen LogP contribution in [0.2, 0.25) is 0 Å². The van der Waals surface area contributed by atoms with Crippen LogP contribution in [0.4, 0.5) is 5.13 Å². The standard InChI is InChI=1S/C11H16N2O2S/c1-11(2,3)5-4-7(9(14)15)8-6-16-10(12)13-8/h4,6H,5H2,1-3H3,(H2,12,13)(H,14,15)/b7-4-. The topological polar surface area (TPSA) is 76.2 Å². The van der Waals surface area contributed by atoms with E-state index in [1.807, 2.05) is 0 Å². The summed E-state index contributed by atoms with van der Waals surface area (Å²) in [6.45, 7) is 6.16. The van der Waals surface area contributed by atoms with E-state index in [2.05, 4.69) is 25.8 Å². The molecule has 0 amide bonds. The van der Waals surface area contributed by atoms with Crippen molar-refractivity contribution in [3.05, 3.63) is 17.2 Å². The second-order valence-electron chi connectivity index (χ2n) is 4.76. The van der Waals surface area contributed by atoms with E-state index >= 15 is 0 Å². The Morgan fingerprint density at radius 1 is 1.62 bits per heavy atom. The highest BCUT2D eigenvalue weighted by Crippen LogP contribution is 2.25. The predicted octanol–water partition coefficient (Wildman–Crippen LogP) is 2.63. The molecule has 0 spiro atoms. The van der Waals surface area contributed by atoms with Gasteiger partial charge in [0.05, 0.1) is 11.3 Å². The third-order valence-corrected chi connectivity index (χ3v) is 2.62. The molecule has 0 bridgehead atoms. The number of carbonyl (C=O) groups is 1. The van der Waals surface area contributed by atoms with Gasteiger partial charge < -0.3 is 10.8 Å². The highest BCUT2D eigenvalue weighted by Gasteiger charge is 2.16. The molecule has 0 aliphatic heterocycles. The third kappa shape index (κ3) is 3.66. The van der Waals surface area contributed by atoms with E-state index in [0.29, 0.717) is 17.2 Å². The number of rotatable bonds is 3. The summed E-state index contributed by atoms with van der Waals surface area (Å²) in [6.07, 6.45) is 2.39. The van der Waals surface area contributed by atoms with E-state index in [4.69, 9.17) is 10.8 Å². The van der Waals surface area contributed by atoms with Crippen LogP contribution in [-0.2, 0) is 4.79 Å². The summed E-state index contributed by atoms with van der Waals surface area (Å²) in [4.78, 5) is 15.1. The molecular formula is C11H16N2O2S. The van der Waals surface area contributed by atoms with Crippen molar-refractivity contribution >= 4 is 28.0 Å². The number of allylic oxidation sites excluding steroid dienone is 1. The Balaban J connectivity index is 2.96. The minimum absolute atomic E-state index is 0.0578. The molecule has 0 fully saturated rings. The molecule has 0 aliphatic carbocycles. The van der Waals surface area contributed by atoms with Gasteiger partial charge in [-0.05, 0) is 11.8 Å². The molecule has 3 N–H and O–H groups in total. The maximum absolute atomic E-state index is 11.1. The lowest BCUT2D eigenvalue weighted by Crippen LogP contribution is -2.06. The summed E-state index contributed by atoms with van der Waals surface area (Å²) in [6, 6.07) is 0. The number of nitrogens with two attached hydrogens (primary N) is 1. The first-order valence-electron chi connectivity index (χ1n) is 4.94. The lowest BCUT2D eigenvalue weighted by atomic mass is 9.91. The number of thiazole rings is 1. The first-order chi connectivity index (χ1) is 7.29. The van der Waals surface area contributed by atoms with Crippen LogP contribution < -0.4 is 5.73 Å². The first-order valence-corrected chi connectivity index (χ1v) is 5.82. The van der Waals surface area contributed by atoms with E-state index in [-0.39, 0.29) is 11.0 Å². The molecule has 1 aromatic rings. The van der Waals surface area contributed by atoms with E-state index in [1.165, 1.54) is 11.3 Å². The predicted molar refractivity (Wildman–Crippen MR) is 66.2 cm³/mol. The molecule has 1 aromatic heterocycles. The fraction of sp³-hybridized carbons (Fsp3) is 0.455. The molecule has 1 heterocycles. The zero-order valence-corrected chi connectivity index (χ0v) is 10.5. The van der Waals surface area contributed by atoms with Gasteiger partial charge >= 0.3 is 5.97 Å². The third-order valence-electron chi connectivity index (χ3n) is 1.95. The fourth-order valence-electron chi connectivity index (χ4n) is 1.12. The van der Waals surface area contributed by atoms with Crippen molar-refractivity contribution in [1.29, 1.82) is 0 Å². The van der Waals surface area contributed by atoms with Gasteiger partial charge in [0.2, 0.25) is 0 Å². The quantitative estimate of drug-likeness (QED) is 0.796. The first kappa shape index (κ1) is 12.7. The SMILES string of the molecule is CC(C)(C)C/C=C(\C(=O)O)c1csc(N)n1. The Labute approximate surface area is 98.8 Å². The second-order valence-corrected chi connectivity index (χ2v) is 5.65. The number of nitrogen functional groups attached to an aromatic ring is 1. The van der Waals surface area contributed by atoms with Gasteiger partial charge in [-0.1, -0.05) is 26.8 Å². The molecule has 0 atom stereocenters. The van der Waals surface area contributed by atoms with Crippen molar-refractivity contribution in [3.8, 4) is 0 Å². The molecule has 0 aliphatic rings. The monoisotopic (exact) mass is 240 g/mol. The molecule has 16 heavy (non-hydrogen) atoms. The van der Waals surface area contributed by atoms with Crippen LogP contribution in [-0.4, -0.2) is 16.1 Å². The normalized spacial score (nSPS) is 12.8. The minimum atomic E-state index is -0.963. The maximum Gasteiger partial charge on any atom is 0.337 e. The van der Waals surface area contributed by atoms with Gasteiger partial charge in [-0.15, -0.1) is 11.3 Å². The van der Waals surface area contributed by atoms with Crippen molar-refractivity contribution in [2.24, 2.45) is 5.41 Å². The van der Waals surface area contributed by atoms with E-state index in [9.17, 15) is 4.79 Å². The van der Waals surface area contributed by atoms with Crippen molar-refractivity contribution in [1.82, 2.24) is 4.98 Å². The van der Waals surface area contributed by atoms with Crippen molar-refractivity contribution in [2.45, 2.75) is 27.2 Å². The number of anilines is 1. The molecule has 0 saturated carbocycles. The average Bonchev–Trinajstić information content (AvgIpc) is 2.49. The Morgan fingerprint density at radius 2 is 2.25 bits per heavy atom. The van der Waals surface area contributed by atoms with E-state index in [0.717, 1.165) is 0 Å². The molecule has 1 rings (SSSR count). The highest BCUT2D eigenvalue weighted by atomic mass is 32.1. The van der Waals surface area contributed by atoms with Crippen LogP contribution in [0.15, 0.2) is 11.5 Å². The molecule has 0 saturated heterocycles. The summed E-state index contributed by atoms with van der Waals surface area (Å²) >= 11 is 1.25. The number of hydrogen-bond donors (Lipinski definition) is 2. The van der Waals surface area contributed by atoms with Crippen LogP contribution in [0.1, 0.15) is 32.9 Å². The number of carboxylic acid groups (broad SMARTS) is 1. The lowest BCUT2D eigenvalue weighted by molar-refractivity contribution is -0.130. The van der Waals surface area contributed by atoms with Gasteiger partial charge in [0.15, 0.2) is 5.13 Å².